The van der Waals surface area contributed by atoms with E-state index in [0.717, 1.165) is 52.0 Å². The number of ether oxygens (including phenoxy) is 1. The zero-order valence-electron chi connectivity index (χ0n) is 14.1. The van der Waals surface area contributed by atoms with Crippen LogP contribution in [-0.2, 0) is 16.6 Å². The van der Waals surface area contributed by atoms with Gasteiger partial charge in [0, 0.05) is 51.2 Å². The second kappa shape index (κ2) is 9.61. The van der Waals surface area contributed by atoms with Crippen molar-refractivity contribution in [3.8, 4) is 0 Å². The molecule has 2 fully saturated rings. The third-order valence-electron chi connectivity index (χ3n) is 5.14. The summed E-state index contributed by atoms with van der Waals surface area (Å²) in [6, 6.07) is 1.72. The van der Waals surface area contributed by atoms with Crippen molar-refractivity contribution in [2.75, 3.05) is 26.3 Å². The van der Waals surface area contributed by atoms with E-state index in [2.05, 4.69) is 11.2 Å². The highest BCUT2D eigenvalue weighted by Crippen LogP contribution is 2.28. The Labute approximate surface area is 155 Å². The van der Waals surface area contributed by atoms with Crippen LogP contribution in [0, 0.1) is 5.92 Å². The Kier molecular flexibility index (Phi) is 8.50. The van der Waals surface area contributed by atoms with Crippen molar-refractivity contribution >= 4 is 30.7 Å². The number of carbonyl (C=O) groups is 1. The fraction of sp³-hybridized carbons (Fsp3) is 0.750. The number of halogens is 2. The Morgan fingerprint density at radius 2 is 1.88 bits per heavy atom. The van der Waals surface area contributed by atoms with Crippen molar-refractivity contribution < 1.29 is 9.53 Å². The summed E-state index contributed by atoms with van der Waals surface area (Å²) in [5.74, 6) is 0.891. The molecule has 1 amide bonds. The lowest BCUT2D eigenvalue weighted by Gasteiger charge is -2.36. The molecule has 0 aromatic carbocycles. The van der Waals surface area contributed by atoms with Crippen LogP contribution in [-0.4, -0.2) is 52.9 Å². The third-order valence-corrected chi connectivity index (χ3v) is 5.14. The smallest absolute Gasteiger partial charge is 0.239 e. The fourth-order valence-electron chi connectivity index (χ4n) is 3.67. The monoisotopic (exact) mass is 378 g/mol. The molecule has 0 saturated carbocycles. The van der Waals surface area contributed by atoms with E-state index in [4.69, 9.17) is 10.5 Å². The van der Waals surface area contributed by atoms with Gasteiger partial charge in [-0.05, 0) is 37.7 Å². The van der Waals surface area contributed by atoms with Gasteiger partial charge in [0.15, 0.2) is 0 Å². The largest absolute Gasteiger partial charge is 0.381 e. The molecule has 8 heteroatoms. The average molecular weight is 379 g/mol. The summed E-state index contributed by atoms with van der Waals surface area (Å²) >= 11 is 0. The van der Waals surface area contributed by atoms with Gasteiger partial charge in [-0.15, -0.1) is 24.8 Å². The summed E-state index contributed by atoms with van der Waals surface area (Å²) in [6.45, 7) is 3.06. The number of piperidine rings is 1. The van der Waals surface area contributed by atoms with E-state index >= 15 is 0 Å². The van der Waals surface area contributed by atoms with Crippen LogP contribution in [0.5, 0.6) is 0 Å². The maximum absolute atomic E-state index is 12.6. The average Bonchev–Trinajstić information content (AvgIpc) is 3.00. The number of hydrogen-bond acceptors (Lipinski definition) is 4. The van der Waals surface area contributed by atoms with Gasteiger partial charge in [0.05, 0.1) is 6.04 Å². The minimum absolute atomic E-state index is 0. The van der Waals surface area contributed by atoms with E-state index in [0.29, 0.717) is 5.92 Å². The van der Waals surface area contributed by atoms with Gasteiger partial charge in [0.25, 0.3) is 0 Å². The molecule has 2 aliphatic heterocycles. The second-order valence-electron chi connectivity index (χ2n) is 6.45. The van der Waals surface area contributed by atoms with Crippen LogP contribution < -0.4 is 5.73 Å². The molecule has 3 heterocycles. The zero-order valence-corrected chi connectivity index (χ0v) is 15.7. The van der Waals surface area contributed by atoms with Gasteiger partial charge in [-0.1, -0.05) is 0 Å². The first-order valence-electron chi connectivity index (χ1n) is 8.27. The summed E-state index contributed by atoms with van der Waals surface area (Å²) in [5, 5.41) is 4.24. The molecule has 138 valence electrons. The van der Waals surface area contributed by atoms with Crippen LogP contribution in [0.15, 0.2) is 12.3 Å². The molecule has 1 atom stereocenters. The van der Waals surface area contributed by atoms with E-state index in [9.17, 15) is 4.79 Å². The van der Waals surface area contributed by atoms with E-state index in [-0.39, 0.29) is 42.7 Å². The van der Waals surface area contributed by atoms with E-state index in [1.54, 1.807) is 0 Å². The van der Waals surface area contributed by atoms with Crippen LogP contribution in [0.2, 0.25) is 0 Å². The summed E-state index contributed by atoms with van der Waals surface area (Å²) in [5.41, 5.74) is 7.48. The van der Waals surface area contributed by atoms with Crippen LogP contribution in [0.1, 0.15) is 37.3 Å². The van der Waals surface area contributed by atoms with E-state index in [1.807, 2.05) is 22.8 Å². The molecule has 1 unspecified atom stereocenters. The number of carbonyl (C=O) groups excluding carboxylic acids is 1. The quantitative estimate of drug-likeness (QED) is 0.868. The number of aromatic nitrogens is 2. The molecule has 24 heavy (non-hydrogen) atoms. The molecule has 0 radical (unpaired) electrons. The molecule has 1 aromatic rings. The van der Waals surface area contributed by atoms with Crippen LogP contribution in [0.4, 0.5) is 0 Å². The fourth-order valence-corrected chi connectivity index (χ4v) is 3.67. The molecule has 0 bridgehead atoms. The van der Waals surface area contributed by atoms with E-state index in [1.165, 1.54) is 5.69 Å². The van der Waals surface area contributed by atoms with Gasteiger partial charge in [0.1, 0.15) is 0 Å². The SMILES string of the molecule is Cl.Cl.Cn1nccc1C1CCN(C(=O)C(N)C2CCOCC2)CC1. The first-order chi connectivity index (χ1) is 10.7. The Balaban J connectivity index is 0.00000144. The maximum Gasteiger partial charge on any atom is 0.239 e. The van der Waals surface area contributed by atoms with Crippen molar-refractivity contribution in [1.29, 1.82) is 0 Å². The number of nitrogens with zero attached hydrogens (tertiary/aromatic N) is 3. The molecular formula is C16H28Cl2N4O2. The van der Waals surface area contributed by atoms with Gasteiger partial charge in [-0.3, -0.25) is 9.48 Å². The minimum atomic E-state index is -0.364. The maximum atomic E-state index is 12.6. The summed E-state index contributed by atoms with van der Waals surface area (Å²) in [7, 11) is 1.98. The van der Waals surface area contributed by atoms with Crippen LogP contribution in [0.25, 0.3) is 0 Å². The normalized spacial score (nSPS) is 20.8. The standard InChI is InChI=1S/C16H26N4O2.2ClH/c1-19-14(2-7-18-19)12-3-8-20(9-4-12)16(21)15(17)13-5-10-22-11-6-13;;/h2,7,12-13,15H,3-6,8-11,17H2,1H3;2*1H. The number of amides is 1. The van der Waals surface area contributed by atoms with Gasteiger partial charge in [-0.25, -0.2) is 0 Å². The predicted octanol–water partition coefficient (Wildman–Crippen LogP) is 1.72. The van der Waals surface area contributed by atoms with Crippen molar-refractivity contribution in [1.82, 2.24) is 14.7 Å². The number of aryl methyl sites for hydroxylation is 1. The molecule has 2 aliphatic rings. The van der Waals surface area contributed by atoms with Crippen molar-refractivity contribution in [2.45, 2.75) is 37.6 Å². The number of likely N-dealkylation sites (tertiary alicyclic amines) is 1. The molecular weight excluding hydrogens is 351 g/mol. The molecule has 6 nitrogen and oxygen atoms in total. The molecule has 0 aliphatic carbocycles. The minimum Gasteiger partial charge on any atom is -0.381 e. The second-order valence-corrected chi connectivity index (χ2v) is 6.45. The van der Waals surface area contributed by atoms with Crippen molar-refractivity contribution in [2.24, 2.45) is 18.7 Å². The molecule has 3 rings (SSSR count). The first kappa shape index (κ1) is 21.2. The lowest BCUT2D eigenvalue weighted by atomic mass is 9.89. The summed E-state index contributed by atoms with van der Waals surface area (Å²) < 4.78 is 7.29. The third kappa shape index (κ3) is 4.63. The highest BCUT2D eigenvalue weighted by molar-refractivity contribution is 5.85. The Morgan fingerprint density at radius 1 is 1.25 bits per heavy atom. The Bertz CT molecular complexity index is 512. The highest BCUT2D eigenvalue weighted by atomic mass is 35.5. The van der Waals surface area contributed by atoms with Gasteiger partial charge >= 0.3 is 0 Å². The molecule has 0 spiro atoms. The van der Waals surface area contributed by atoms with Crippen LogP contribution >= 0.6 is 24.8 Å². The van der Waals surface area contributed by atoms with Gasteiger partial charge < -0.3 is 15.4 Å². The van der Waals surface area contributed by atoms with Crippen LogP contribution in [0.3, 0.4) is 0 Å². The number of hydrogen-bond donors (Lipinski definition) is 1. The molecule has 2 N–H and O–H groups in total. The predicted molar refractivity (Wildman–Crippen MR) is 97.8 cm³/mol. The number of rotatable bonds is 3. The van der Waals surface area contributed by atoms with Gasteiger partial charge in [0.2, 0.25) is 5.91 Å². The summed E-state index contributed by atoms with van der Waals surface area (Å²) in [6.07, 6.45) is 5.63. The lowest BCUT2D eigenvalue weighted by Crippen LogP contribution is -2.51. The lowest BCUT2D eigenvalue weighted by molar-refractivity contribution is -0.135. The van der Waals surface area contributed by atoms with Crippen molar-refractivity contribution in [3.63, 3.8) is 0 Å². The Morgan fingerprint density at radius 3 is 2.42 bits per heavy atom. The first-order valence-corrected chi connectivity index (χ1v) is 8.27. The summed E-state index contributed by atoms with van der Waals surface area (Å²) in [4.78, 5) is 14.6. The van der Waals surface area contributed by atoms with Crippen molar-refractivity contribution in [3.05, 3.63) is 18.0 Å². The number of nitrogens with two attached hydrogens (primary N) is 1. The van der Waals surface area contributed by atoms with E-state index < -0.39 is 0 Å². The van der Waals surface area contributed by atoms with Gasteiger partial charge in [-0.2, -0.15) is 5.10 Å². The molecule has 1 aromatic heterocycles. The topological polar surface area (TPSA) is 73.4 Å². The zero-order chi connectivity index (χ0) is 15.5. The highest BCUT2D eigenvalue weighted by Gasteiger charge is 2.32. The Hall–Kier alpha value is -0.820. The molecule has 2 saturated heterocycles.